The number of hydrogen-bond donors (Lipinski definition) is 0. The fourth-order valence-electron chi connectivity index (χ4n) is 4.20. The van der Waals surface area contributed by atoms with Gasteiger partial charge in [0.1, 0.15) is 0 Å². The minimum absolute atomic E-state index is 1.02. The maximum absolute atomic E-state index is 2.38. The standard InChI is InChI=1S/C26H54/c1-4-7-9-10-11-12-13-14-15-16-17-18-19-20-21-22-23-25-26(6-3)24-8-5-2/h26H,4-25H2,1-3H3. The average molecular weight is 367 g/mol. The third-order valence-corrected chi connectivity index (χ3v) is 6.26. The van der Waals surface area contributed by atoms with Crippen LogP contribution in [0.15, 0.2) is 0 Å². The van der Waals surface area contributed by atoms with Crippen LogP contribution in [-0.4, -0.2) is 0 Å². The highest BCUT2D eigenvalue weighted by atomic mass is 14.1. The van der Waals surface area contributed by atoms with Crippen molar-refractivity contribution in [2.24, 2.45) is 5.92 Å². The molecule has 1 unspecified atom stereocenters. The van der Waals surface area contributed by atoms with Crippen LogP contribution < -0.4 is 0 Å². The topological polar surface area (TPSA) is 0 Å². The van der Waals surface area contributed by atoms with Crippen LogP contribution in [0.3, 0.4) is 0 Å². The maximum Gasteiger partial charge on any atom is -0.0417 e. The molecule has 0 spiro atoms. The summed E-state index contributed by atoms with van der Waals surface area (Å²) in [6.45, 7) is 7.01. The number of unbranched alkanes of at least 4 members (excludes halogenated alkanes) is 17. The molecule has 0 aliphatic carbocycles. The highest BCUT2D eigenvalue weighted by Gasteiger charge is 2.04. The van der Waals surface area contributed by atoms with Crippen molar-refractivity contribution in [1.82, 2.24) is 0 Å². The van der Waals surface area contributed by atoms with Crippen LogP contribution in [0.4, 0.5) is 0 Å². The Kier molecular flexibility index (Phi) is 23.0. The van der Waals surface area contributed by atoms with E-state index in [2.05, 4.69) is 20.8 Å². The van der Waals surface area contributed by atoms with Gasteiger partial charge in [0.05, 0.1) is 0 Å². The van der Waals surface area contributed by atoms with Crippen LogP contribution in [0.2, 0.25) is 0 Å². The van der Waals surface area contributed by atoms with Crippen molar-refractivity contribution >= 4 is 0 Å². The van der Waals surface area contributed by atoms with Crippen LogP contribution >= 0.6 is 0 Å². The van der Waals surface area contributed by atoms with E-state index >= 15 is 0 Å². The summed E-state index contributed by atoms with van der Waals surface area (Å²) < 4.78 is 0. The molecule has 0 bridgehead atoms. The summed E-state index contributed by atoms with van der Waals surface area (Å²) in [7, 11) is 0. The summed E-state index contributed by atoms with van der Waals surface area (Å²) in [6, 6.07) is 0. The predicted molar refractivity (Wildman–Crippen MR) is 122 cm³/mol. The quantitative estimate of drug-likeness (QED) is 0.167. The molecule has 0 heteroatoms. The van der Waals surface area contributed by atoms with E-state index in [-0.39, 0.29) is 0 Å². The second-order valence-corrected chi connectivity index (χ2v) is 8.86. The summed E-state index contributed by atoms with van der Waals surface area (Å²) in [5.41, 5.74) is 0. The van der Waals surface area contributed by atoms with Crippen molar-refractivity contribution in [2.75, 3.05) is 0 Å². The zero-order valence-corrected chi connectivity index (χ0v) is 19.1. The SMILES string of the molecule is CCCCCCCCCCCCCCCCCCCC(CC)CCCC. The van der Waals surface area contributed by atoms with Gasteiger partial charge in [-0.25, -0.2) is 0 Å². The van der Waals surface area contributed by atoms with E-state index in [4.69, 9.17) is 0 Å². The van der Waals surface area contributed by atoms with Gasteiger partial charge in [-0.05, 0) is 5.92 Å². The lowest BCUT2D eigenvalue weighted by molar-refractivity contribution is 0.399. The molecule has 0 amide bonds. The van der Waals surface area contributed by atoms with Crippen LogP contribution in [0.5, 0.6) is 0 Å². The second-order valence-electron chi connectivity index (χ2n) is 8.86. The lowest BCUT2D eigenvalue weighted by atomic mass is 9.93. The van der Waals surface area contributed by atoms with Gasteiger partial charge in [-0.2, -0.15) is 0 Å². The van der Waals surface area contributed by atoms with Gasteiger partial charge in [-0.1, -0.05) is 162 Å². The molecule has 0 aromatic heterocycles. The van der Waals surface area contributed by atoms with E-state index < -0.39 is 0 Å². The average Bonchev–Trinajstić information content (AvgIpc) is 2.66. The van der Waals surface area contributed by atoms with E-state index in [9.17, 15) is 0 Å². The highest BCUT2D eigenvalue weighted by Crippen LogP contribution is 2.20. The Bertz CT molecular complexity index is 232. The normalized spacial score (nSPS) is 12.6. The molecule has 0 radical (unpaired) electrons. The maximum atomic E-state index is 2.38. The van der Waals surface area contributed by atoms with Gasteiger partial charge in [-0.3, -0.25) is 0 Å². The first-order valence-electron chi connectivity index (χ1n) is 12.8. The molecule has 0 saturated carbocycles. The van der Waals surface area contributed by atoms with Crippen molar-refractivity contribution in [3.8, 4) is 0 Å². The van der Waals surface area contributed by atoms with Gasteiger partial charge >= 0.3 is 0 Å². The molecule has 0 nitrogen and oxygen atoms in total. The van der Waals surface area contributed by atoms with Gasteiger partial charge < -0.3 is 0 Å². The van der Waals surface area contributed by atoms with Crippen LogP contribution in [0, 0.1) is 5.92 Å². The van der Waals surface area contributed by atoms with Crippen molar-refractivity contribution in [3.05, 3.63) is 0 Å². The van der Waals surface area contributed by atoms with E-state index in [0.717, 1.165) is 5.92 Å². The summed E-state index contributed by atoms with van der Waals surface area (Å²) in [5.74, 6) is 1.02. The van der Waals surface area contributed by atoms with Crippen LogP contribution in [0.1, 0.15) is 162 Å². The Morgan fingerprint density at radius 3 is 1.00 bits per heavy atom. The molecule has 1 atom stereocenters. The van der Waals surface area contributed by atoms with Gasteiger partial charge in [-0.15, -0.1) is 0 Å². The molecule has 26 heavy (non-hydrogen) atoms. The highest BCUT2D eigenvalue weighted by molar-refractivity contribution is 4.58. The summed E-state index contributed by atoms with van der Waals surface area (Å²) in [5, 5.41) is 0. The molecule has 0 aliphatic heterocycles. The molecule has 0 aromatic carbocycles. The molecular formula is C26H54. The third kappa shape index (κ3) is 20.3. The van der Waals surface area contributed by atoms with Crippen molar-refractivity contribution in [1.29, 1.82) is 0 Å². The third-order valence-electron chi connectivity index (χ3n) is 6.26. The number of rotatable bonds is 22. The Balaban J connectivity index is 3.11. The largest absolute Gasteiger partial charge is 0.0654 e. The van der Waals surface area contributed by atoms with E-state index in [1.165, 1.54) is 141 Å². The van der Waals surface area contributed by atoms with Crippen molar-refractivity contribution in [2.45, 2.75) is 162 Å². The molecule has 0 saturated heterocycles. The minimum atomic E-state index is 1.02. The lowest BCUT2D eigenvalue weighted by Crippen LogP contribution is -1.98. The molecule has 0 aromatic rings. The monoisotopic (exact) mass is 366 g/mol. The molecule has 0 aliphatic rings. The Hall–Kier alpha value is 0. The summed E-state index contributed by atoms with van der Waals surface area (Å²) >= 11 is 0. The van der Waals surface area contributed by atoms with E-state index in [0.29, 0.717) is 0 Å². The molecular weight excluding hydrogens is 312 g/mol. The van der Waals surface area contributed by atoms with Crippen LogP contribution in [-0.2, 0) is 0 Å². The fourth-order valence-corrected chi connectivity index (χ4v) is 4.20. The van der Waals surface area contributed by atoms with Crippen LogP contribution in [0.25, 0.3) is 0 Å². The minimum Gasteiger partial charge on any atom is -0.0654 e. The lowest BCUT2D eigenvalue weighted by Gasteiger charge is -2.13. The van der Waals surface area contributed by atoms with E-state index in [1.54, 1.807) is 0 Å². The van der Waals surface area contributed by atoms with E-state index in [1.807, 2.05) is 0 Å². The zero-order valence-electron chi connectivity index (χ0n) is 19.1. The van der Waals surface area contributed by atoms with Gasteiger partial charge in [0.15, 0.2) is 0 Å². The Morgan fingerprint density at radius 1 is 0.346 bits per heavy atom. The van der Waals surface area contributed by atoms with Crippen molar-refractivity contribution < 1.29 is 0 Å². The first-order chi connectivity index (χ1) is 12.8. The van der Waals surface area contributed by atoms with Gasteiger partial charge in [0, 0.05) is 0 Å². The summed E-state index contributed by atoms with van der Waals surface area (Å²) in [6.07, 6.45) is 32.3. The van der Waals surface area contributed by atoms with Crippen molar-refractivity contribution in [3.63, 3.8) is 0 Å². The molecule has 0 N–H and O–H groups in total. The zero-order chi connectivity index (χ0) is 19.1. The molecule has 0 heterocycles. The molecule has 158 valence electrons. The Labute approximate surface area is 168 Å². The smallest absolute Gasteiger partial charge is 0.0417 e. The summed E-state index contributed by atoms with van der Waals surface area (Å²) in [4.78, 5) is 0. The van der Waals surface area contributed by atoms with Gasteiger partial charge in [0.2, 0.25) is 0 Å². The molecule has 0 rings (SSSR count). The van der Waals surface area contributed by atoms with Gasteiger partial charge in [0.25, 0.3) is 0 Å². The second kappa shape index (κ2) is 23.0. The first kappa shape index (κ1) is 26.0. The predicted octanol–water partition coefficient (Wildman–Crippen LogP) is 10.2. The fraction of sp³-hybridized carbons (Fsp3) is 1.00. The first-order valence-corrected chi connectivity index (χ1v) is 12.8. The molecule has 0 fully saturated rings. The Morgan fingerprint density at radius 2 is 0.654 bits per heavy atom. The number of hydrogen-bond acceptors (Lipinski definition) is 0.